The molecular formula is C10H17BrO4. The van der Waals surface area contributed by atoms with E-state index in [9.17, 15) is 9.59 Å². The van der Waals surface area contributed by atoms with Crippen LogP contribution in [0.4, 0.5) is 0 Å². The summed E-state index contributed by atoms with van der Waals surface area (Å²) >= 11 is 3.15. The van der Waals surface area contributed by atoms with Crippen LogP contribution >= 0.6 is 15.9 Å². The van der Waals surface area contributed by atoms with Crippen LogP contribution in [-0.2, 0) is 9.59 Å². The predicted octanol–water partition coefficient (Wildman–Crippen LogP) is 2.70. The van der Waals surface area contributed by atoms with E-state index in [0.29, 0.717) is 0 Å². The maximum Gasteiger partial charge on any atom is 0.330 e. The van der Waals surface area contributed by atoms with Gasteiger partial charge >= 0.3 is 11.9 Å². The topological polar surface area (TPSA) is 74.6 Å². The van der Waals surface area contributed by atoms with Gasteiger partial charge in [-0.05, 0) is 13.8 Å². The van der Waals surface area contributed by atoms with Crippen LogP contribution in [0.25, 0.3) is 0 Å². The molecule has 0 aliphatic carbocycles. The fourth-order valence-electron chi connectivity index (χ4n) is 0. The summed E-state index contributed by atoms with van der Waals surface area (Å²) < 4.78 is 0. The van der Waals surface area contributed by atoms with Crippen LogP contribution < -0.4 is 0 Å². The first-order valence-corrected chi connectivity index (χ1v) is 5.16. The standard InChI is InChI=1S/2C4H6O2.C2H5Br/c2*1-3(2)4(5)6;1-2-3/h2*1H2,2H3,(H,5,6);2H2,1H3. The number of hydrogen-bond acceptors (Lipinski definition) is 2. The van der Waals surface area contributed by atoms with Gasteiger partial charge in [-0.25, -0.2) is 9.59 Å². The zero-order chi connectivity index (χ0) is 13.0. The molecule has 0 aliphatic rings. The van der Waals surface area contributed by atoms with Gasteiger partial charge in [0.25, 0.3) is 0 Å². The van der Waals surface area contributed by atoms with Crippen molar-refractivity contribution < 1.29 is 19.8 Å². The number of aliphatic carboxylic acids is 2. The molecule has 0 bridgehead atoms. The summed E-state index contributed by atoms with van der Waals surface area (Å²) in [5, 5.41) is 16.8. The first-order valence-electron chi connectivity index (χ1n) is 4.04. The van der Waals surface area contributed by atoms with Crippen LogP contribution in [0.5, 0.6) is 0 Å². The molecule has 0 saturated carbocycles. The molecule has 0 saturated heterocycles. The highest BCUT2D eigenvalue weighted by atomic mass is 79.9. The average molecular weight is 281 g/mol. The van der Waals surface area contributed by atoms with E-state index in [-0.39, 0.29) is 11.1 Å². The van der Waals surface area contributed by atoms with Gasteiger partial charge in [-0.2, -0.15) is 0 Å². The predicted molar refractivity (Wildman–Crippen MR) is 64.4 cm³/mol. The van der Waals surface area contributed by atoms with Crippen LogP contribution in [0.2, 0.25) is 0 Å². The third-order valence-corrected chi connectivity index (χ3v) is 0.730. The van der Waals surface area contributed by atoms with Gasteiger partial charge < -0.3 is 10.2 Å². The van der Waals surface area contributed by atoms with Crippen molar-refractivity contribution in [1.29, 1.82) is 0 Å². The lowest BCUT2D eigenvalue weighted by atomic mass is 10.4. The summed E-state index contributed by atoms with van der Waals surface area (Å²) in [5.74, 6) is -1.87. The van der Waals surface area contributed by atoms with Gasteiger partial charge in [0.15, 0.2) is 0 Å². The molecule has 0 rings (SSSR count). The Balaban J connectivity index is -0.000000153. The van der Waals surface area contributed by atoms with Gasteiger partial charge in [0.1, 0.15) is 0 Å². The van der Waals surface area contributed by atoms with Crippen LogP contribution in [0.3, 0.4) is 0 Å². The molecule has 0 fully saturated rings. The summed E-state index contributed by atoms with van der Waals surface area (Å²) in [5.41, 5.74) is 0.352. The smallest absolute Gasteiger partial charge is 0.330 e. The third-order valence-electron chi connectivity index (χ3n) is 0.730. The van der Waals surface area contributed by atoms with Crippen molar-refractivity contribution >= 4 is 27.9 Å². The number of hydrogen-bond donors (Lipinski definition) is 2. The molecule has 0 aromatic heterocycles. The average Bonchev–Trinajstić information content (AvgIpc) is 2.06. The number of carbonyl (C=O) groups is 2. The Bertz CT molecular complexity index is 186. The van der Waals surface area contributed by atoms with E-state index in [4.69, 9.17) is 10.2 Å². The molecule has 2 N–H and O–H groups in total. The van der Waals surface area contributed by atoms with E-state index in [2.05, 4.69) is 29.1 Å². The molecule has 88 valence electrons. The normalized spacial score (nSPS) is 7.20. The molecule has 5 heteroatoms. The summed E-state index contributed by atoms with van der Waals surface area (Å²) in [4.78, 5) is 19.2. The Morgan fingerprint density at radius 1 is 1.07 bits per heavy atom. The SMILES string of the molecule is C=C(C)C(=O)O.C=C(C)C(=O)O.CCBr. The van der Waals surface area contributed by atoms with Crippen molar-refractivity contribution in [2.45, 2.75) is 20.8 Å². The maximum atomic E-state index is 9.60. The van der Waals surface area contributed by atoms with Crippen LogP contribution in [-0.4, -0.2) is 27.5 Å². The highest BCUT2D eigenvalue weighted by Gasteiger charge is 1.90. The third kappa shape index (κ3) is 32.2. The van der Waals surface area contributed by atoms with Crippen molar-refractivity contribution in [2.24, 2.45) is 0 Å². The number of carboxylic acids is 2. The lowest BCUT2D eigenvalue weighted by Gasteiger charge is -1.79. The number of rotatable bonds is 2. The van der Waals surface area contributed by atoms with Crippen molar-refractivity contribution in [3.05, 3.63) is 24.3 Å². The van der Waals surface area contributed by atoms with Crippen molar-refractivity contribution in [3.8, 4) is 0 Å². The van der Waals surface area contributed by atoms with E-state index in [1.54, 1.807) is 0 Å². The van der Waals surface area contributed by atoms with Crippen molar-refractivity contribution in [2.75, 3.05) is 5.33 Å². The molecule has 0 heterocycles. The van der Waals surface area contributed by atoms with Crippen molar-refractivity contribution in [3.63, 3.8) is 0 Å². The quantitative estimate of drug-likeness (QED) is 0.602. The molecular weight excluding hydrogens is 264 g/mol. The minimum absolute atomic E-state index is 0.176. The molecule has 0 aliphatic heterocycles. The molecule has 4 nitrogen and oxygen atoms in total. The Hall–Kier alpha value is -1.10. The van der Waals surface area contributed by atoms with E-state index in [0.717, 1.165) is 5.33 Å². The van der Waals surface area contributed by atoms with Crippen molar-refractivity contribution in [1.82, 2.24) is 0 Å². The Morgan fingerprint density at radius 3 is 1.13 bits per heavy atom. The minimum Gasteiger partial charge on any atom is -0.478 e. The number of alkyl halides is 1. The summed E-state index contributed by atoms with van der Waals surface area (Å²) in [6, 6.07) is 0. The second-order valence-corrected chi connectivity index (χ2v) is 3.56. The molecule has 0 unspecified atom stereocenters. The lowest BCUT2D eigenvalue weighted by molar-refractivity contribution is -0.133. The maximum absolute atomic E-state index is 9.60. The van der Waals surface area contributed by atoms with Gasteiger partial charge in [0.2, 0.25) is 0 Å². The van der Waals surface area contributed by atoms with E-state index in [1.807, 2.05) is 6.92 Å². The molecule has 15 heavy (non-hydrogen) atoms. The van der Waals surface area contributed by atoms with Gasteiger partial charge in [-0.3, -0.25) is 0 Å². The summed E-state index contributed by atoms with van der Waals surface area (Å²) in [7, 11) is 0. The molecule has 0 radical (unpaired) electrons. The van der Waals surface area contributed by atoms with Gasteiger partial charge in [0, 0.05) is 16.5 Å². The monoisotopic (exact) mass is 280 g/mol. The first-order chi connectivity index (χ1) is 6.70. The molecule has 0 amide bonds. The fraction of sp³-hybridized carbons (Fsp3) is 0.400. The number of carboxylic acid groups (broad SMARTS) is 2. The van der Waals surface area contributed by atoms with Gasteiger partial charge in [0.05, 0.1) is 0 Å². The van der Waals surface area contributed by atoms with E-state index >= 15 is 0 Å². The number of halogens is 1. The summed E-state index contributed by atoms with van der Waals surface area (Å²) in [6.45, 7) is 11.2. The summed E-state index contributed by atoms with van der Waals surface area (Å²) in [6.07, 6.45) is 0. The Kier molecular flexibility index (Phi) is 16.7. The van der Waals surface area contributed by atoms with Crippen LogP contribution in [0, 0.1) is 0 Å². The van der Waals surface area contributed by atoms with Gasteiger partial charge in [-0.1, -0.05) is 36.0 Å². The second-order valence-electron chi connectivity index (χ2n) is 2.44. The van der Waals surface area contributed by atoms with E-state index in [1.165, 1.54) is 13.8 Å². The lowest BCUT2D eigenvalue weighted by Crippen LogP contribution is -1.92. The fourth-order valence-corrected chi connectivity index (χ4v) is 0. The molecule has 0 aromatic rings. The van der Waals surface area contributed by atoms with Crippen LogP contribution in [0.1, 0.15) is 20.8 Å². The Labute approximate surface area is 98.4 Å². The first kappa shape index (κ1) is 19.5. The highest BCUT2D eigenvalue weighted by Crippen LogP contribution is 1.81. The van der Waals surface area contributed by atoms with Gasteiger partial charge in [-0.15, -0.1) is 0 Å². The molecule has 0 spiro atoms. The highest BCUT2D eigenvalue weighted by molar-refractivity contribution is 9.09. The zero-order valence-electron chi connectivity index (χ0n) is 9.21. The van der Waals surface area contributed by atoms with Crippen LogP contribution in [0.15, 0.2) is 24.3 Å². The second kappa shape index (κ2) is 12.9. The minimum atomic E-state index is -0.935. The Morgan fingerprint density at radius 2 is 1.13 bits per heavy atom. The molecule has 0 aromatic carbocycles. The largest absolute Gasteiger partial charge is 0.478 e. The zero-order valence-corrected chi connectivity index (χ0v) is 10.8. The van der Waals surface area contributed by atoms with E-state index < -0.39 is 11.9 Å². The molecule has 0 atom stereocenters.